The van der Waals surface area contributed by atoms with E-state index in [1.807, 2.05) is 30.3 Å². The molecule has 0 radical (unpaired) electrons. The number of aromatic nitrogens is 3. The van der Waals surface area contributed by atoms with Gasteiger partial charge in [0.2, 0.25) is 5.88 Å². The molecule has 0 spiro atoms. The summed E-state index contributed by atoms with van der Waals surface area (Å²) in [5.74, 6) is 0.813. The van der Waals surface area contributed by atoms with Crippen molar-refractivity contribution in [1.29, 1.82) is 0 Å². The number of benzene rings is 1. The Bertz CT molecular complexity index is 958. The maximum absolute atomic E-state index is 10.7. The maximum Gasteiger partial charge on any atom is 0.219 e. The molecule has 0 amide bonds. The van der Waals surface area contributed by atoms with Gasteiger partial charge in [0, 0.05) is 34.4 Å². The minimum absolute atomic E-state index is 0.186. The molecule has 3 aromatic rings. The fourth-order valence-corrected chi connectivity index (χ4v) is 4.07. The summed E-state index contributed by atoms with van der Waals surface area (Å²) < 4.78 is 1.53. The second-order valence-electron chi connectivity index (χ2n) is 6.90. The molecule has 1 unspecified atom stereocenters. The molecule has 1 aliphatic carbocycles. The van der Waals surface area contributed by atoms with E-state index in [1.54, 1.807) is 12.3 Å². The highest BCUT2D eigenvalue weighted by atomic mass is 35.5. The third-order valence-corrected chi connectivity index (χ3v) is 5.71. The molecular weight excluding hydrogens is 383 g/mol. The van der Waals surface area contributed by atoms with Gasteiger partial charge in [-0.2, -0.15) is 9.78 Å². The van der Waals surface area contributed by atoms with Gasteiger partial charge in [-0.1, -0.05) is 35.3 Å². The van der Waals surface area contributed by atoms with Crippen molar-refractivity contribution in [1.82, 2.24) is 19.7 Å². The molecule has 4 rings (SSSR count). The van der Waals surface area contributed by atoms with Crippen molar-refractivity contribution in [2.75, 3.05) is 7.05 Å². The molecule has 1 aliphatic rings. The summed E-state index contributed by atoms with van der Waals surface area (Å²) in [5, 5.41) is 16.6. The van der Waals surface area contributed by atoms with E-state index in [0.29, 0.717) is 21.9 Å². The molecule has 0 bridgehead atoms. The Hall–Kier alpha value is -2.08. The first-order valence-electron chi connectivity index (χ1n) is 8.88. The second kappa shape index (κ2) is 7.50. The number of pyridine rings is 1. The van der Waals surface area contributed by atoms with Crippen LogP contribution in [0.5, 0.6) is 5.88 Å². The van der Waals surface area contributed by atoms with Crippen molar-refractivity contribution in [2.24, 2.45) is 0 Å². The number of aryl methyl sites for hydroxylation is 1. The highest BCUT2D eigenvalue weighted by molar-refractivity contribution is 6.35. The predicted octanol–water partition coefficient (Wildman–Crippen LogP) is 4.27. The molecular formula is C20H20Cl2N4O. The number of likely N-dealkylation sites (N-methyl/N-ethyl adjacent to an activating group) is 1. The molecule has 0 saturated carbocycles. The van der Waals surface area contributed by atoms with Gasteiger partial charge in [-0.15, -0.1) is 0 Å². The van der Waals surface area contributed by atoms with Gasteiger partial charge in [0.25, 0.3) is 0 Å². The van der Waals surface area contributed by atoms with Gasteiger partial charge in [0.1, 0.15) is 0 Å². The standard InChI is InChI=1S/C20H20Cl2N4O/c1-25(12-13-5-6-14(21)10-17(13)22)15-7-8-18-16(11-15)20(27)26(24-18)19-4-2-3-9-23-19/h2-6,9-10,15,27H,7-8,11-12H2,1H3. The number of nitrogens with zero attached hydrogens (tertiary/aromatic N) is 4. The monoisotopic (exact) mass is 402 g/mol. The summed E-state index contributed by atoms with van der Waals surface area (Å²) in [5.41, 5.74) is 2.90. The van der Waals surface area contributed by atoms with Gasteiger partial charge in [-0.25, -0.2) is 4.98 Å². The van der Waals surface area contributed by atoms with Crippen LogP contribution in [0.2, 0.25) is 10.0 Å². The van der Waals surface area contributed by atoms with Crippen LogP contribution < -0.4 is 0 Å². The van der Waals surface area contributed by atoms with Crippen LogP contribution in [0.25, 0.3) is 5.82 Å². The Labute approximate surface area is 168 Å². The van der Waals surface area contributed by atoms with Gasteiger partial charge < -0.3 is 5.11 Å². The third kappa shape index (κ3) is 3.68. The summed E-state index contributed by atoms with van der Waals surface area (Å²) in [7, 11) is 2.08. The molecule has 140 valence electrons. The normalized spacial score (nSPS) is 16.5. The quantitative estimate of drug-likeness (QED) is 0.707. The number of rotatable bonds is 4. The molecule has 27 heavy (non-hydrogen) atoms. The lowest BCUT2D eigenvalue weighted by Gasteiger charge is -2.31. The third-order valence-electron chi connectivity index (χ3n) is 5.12. The van der Waals surface area contributed by atoms with E-state index in [4.69, 9.17) is 23.2 Å². The lowest BCUT2D eigenvalue weighted by Crippen LogP contribution is -2.35. The average Bonchev–Trinajstić information content (AvgIpc) is 3.01. The van der Waals surface area contributed by atoms with Crippen LogP contribution in [-0.4, -0.2) is 37.9 Å². The Balaban J connectivity index is 1.53. The molecule has 1 atom stereocenters. The van der Waals surface area contributed by atoms with E-state index in [9.17, 15) is 5.11 Å². The molecule has 5 nitrogen and oxygen atoms in total. The van der Waals surface area contributed by atoms with E-state index < -0.39 is 0 Å². The predicted molar refractivity (Wildman–Crippen MR) is 107 cm³/mol. The fourth-order valence-electron chi connectivity index (χ4n) is 3.60. The minimum atomic E-state index is 0.186. The summed E-state index contributed by atoms with van der Waals surface area (Å²) in [6.07, 6.45) is 4.25. The molecule has 0 aliphatic heterocycles. The van der Waals surface area contributed by atoms with Crippen molar-refractivity contribution >= 4 is 23.2 Å². The van der Waals surface area contributed by atoms with Crippen LogP contribution >= 0.6 is 23.2 Å². The number of fused-ring (bicyclic) bond motifs is 1. The molecule has 0 fully saturated rings. The first-order valence-corrected chi connectivity index (χ1v) is 9.64. The van der Waals surface area contributed by atoms with Crippen LogP contribution in [0.15, 0.2) is 42.6 Å². The number of hydrogen-bond acceptors (Lipinski definition) is 4. The lowest BCUT2D eigenvalue weighted by atomic mass is 9.92. The number of halogens is 2. The Morgan fingerprint density at radius 2 is 2.11 bits per heavy atom. The van der Waals surface area contributed by atoms with Gasteiger partial charge >= 0.3 is 0 Å². The fraction of sp³-hybridized carbons (Fsp3) is 0.300. The van der Waals surface area contributed by atoms with Gasteiger partial charge in [0.05, 0.1) is 5.69 Å². The van der Waals surface area contributed by atoms with Crippen LogP contribution in [0, 0.1) is 0 Å². The first-order chi connectivity index (χ1) is 13.0. The van der Waals surface area contributed by atoms with Gasteiger partial charge in [0.15, 0.2) is 5.82 Å². The topological polar surface area (TPSA) is 54.2 Å². The zero-order valence-corrected chi connectivity index (χ0v) is 16.5. The Morgan fingerprint density at radius 3 is 2.85 bits per heavy atom. The van der Waals surface area contributed by atoms with E-state index in [0.717, 1.165) is 42.6 Å². The molecule has 0 saturated heterocycles. The largest absolute Gasteiger partial charge is 0.493 e. The van der Waals surface area contributed by atoms with Crippen LogP contribution in [0.3, 0.4) is 0 Å². The zero-order chi connectivity index (χ0) is 19.0. The summed E-state index contributed by atoms with van der Waals surface area (Å²) in [6.45, 7) is 0.727. The molecule has 1 N–H and O–H groups in total. The summed E-state index contributed by atoms with van der Waals surface area (Å²) in [6, 6.07) is 11.5. The van der Waals surface area contributed by atoms with E-state index >= 15 is 0 Å². The van der Waals surface area contributed by atoms with Crippen molar-refractivity contribution in [3.05, 3.63) is 69.5 Å². The number of aromatic hydroxyl groups is 1. The second-order valence-corrected chi connectivity index (χ2v) is 7.74. The molecule has 1 aromatic carbocycles. The summed E-state index contributed by atoms with van der Waals surface area (Å²) >= 11 is 12.3. The molecule has 2 aromatic heterocycles. The van der Waals surface area contributed by atoms with Gasteiger partial charge in [-0.3, -0.25) is 4.90 Å². The van der Waals surface area contributed by atoms with E-state index in [2.05, 4.69) is 22.0 Å². The smallest absolute Gasteiger partial charge is 0.219 e. The zero-order valence-electron chi connectivity index (χ0n) is 14.9. The van der Waals surface area contributed by atoms with Crippen LogP contribution in [0.1, 0.15) is 23.2 Å². The first kappa shape index (κ1) is 18.3. The Morgan fingerprint density at radius 1 is 1.26 bits per heavy atom. The van der Waals surface area contributed by atoms with Crippen LogP contribution in [0.4, 0.5) is 0 Å². The minimum Gasteiger partial charge on any atom is -0.493 e. The van der Waals surface area contributed by atoms with Crippen molar-refractivity contribution in [3.63, 3.8) is 0 Å². The van der Waals surface area contributed by atoms with E-state index in [1.165, 1.54) is 4.68 Å². The van der Waals surface area contributed by atoms with Crippen molar-refractivity contribution in [2.45, 2.75) is 31.8 Å². The lowest BCUT2D eigenvalue weighted by molar-refractivity contribution is 0.212. The highest BCUT2D eigenvalue weighted by Crippen LogP contribution is 2.32. The number of hydrogen-bond donors (Lipinski definition) is 1. The molecule has 7 heteroatoms. The SMILES string of the molecule is CN(Cc1ccc(Cl)cc1Cl)C1CCc2nn(-c3ccccn3)c(O)c2C1. The van der Waals surface area contributed by atoms with Crippen LogP contribution in [-0.2, 0) is 19.4 Å². The summed E-state index contributed by atoms with van der Waals surface area (Å²) in [4.78, 5) is 6.56. The maximum atomic E-state index is 10.7. The Kier molecular flexibility index (Phi) is 5.08. The van der Waals surface area contributed by atoms with Crippen molar-refractivity contribution < 1.29 is 5.11 Å². The average molecular weight is 403 g/mol. The molecule has 2 heterocycles. The highest BCUT2D eigenvalue weighted by Gasteiger charge is 2.29. The van der Waals surface area contributed by atoms with Crippen molar-refractivity contribution in [3.8, 4) is 11.7 Å². The van der Waals surface area contributed by atoms with Gasteiger partial charge in [-0.05, 0) is 56.1 Å². The van der Waals surface area contributed by atoms with E-state index in [-0.39, 0.29) is 5.88 Å².